The minimum absolute atomic E-state index is 0.0427. The second kappa shape index (κ2) is 13.1. The van der Waals surface area contributed by atoms with E-state index >= 15 is 0 Å². The number of rotatable bonds is 9. The van der Waals surface area contributed by atoms with Crippen molar-refractivity contribution in [1.82, 2.24) is 4.98 Å². The molecule has 1 aliphatic heterocycles. The molecule has 6 nitrogen and oxygen atoms in total. The first kappa shape index (κ1) is 29.2. The molecule has 5 rings (SSSR count). The van der Waals surface area contributed by atoms with Crippen LogP contribution in [0.4, 0.5) is 5.69 Å². The molecule has 2 heterocycles. The van der Waals surface area contributed by atoms with E-state index in [2.05, 4.69) is 30.0 Å². The van der Waals surface area contributed by atoms with Crippen molar-refractivity contribution in [2.75, 3.05) is 18.0 Å². The minimum Gasteiger partial charge on any atom is -0.473 e. The second-order valence-corrected chi connectivity index (χ2v) is 11.8. The number of hydrogen-bond acceptors (Lipinski definition) is 6. The van der Waals surface area contributed by atoms with E-state index in [0.717, 1.165) is 59.4 Å². The molecule has 1 aromatic heterocycles. The van der Waals surface area contributed by atoms with Crippen molar-refractivity contribution in [3.05, 3.63) is 108 Å². The average Bonchev–Trinajstić information content (AvgIpc) is 2.99. The third-order valence-corrected chi connectivity index (χ3v) is 7.38. The first-order valence-electron chi connectivity index (χ1n) is 14.7. The topological polar surface area (TPSA) is 60.9 Å². The minimum atomic E-state index is -0.452. The molecule has 1 fully saturated rings. The van der Waals surface area contributed by atoms with Crippen LogP contribution in [-0.2, 0) is 22.7 Å². The Kier molecular flexibility index (Phi) is 9.11. The van der Waals surface area contributed by atoms with Crippen molar-refractivity contribution in [3.63, 3.8) is 0 Å². The zero-order valence-electron chi connectivity index (χ0n) is 25.0. The molecule has 218 valence electrons. The summed E-state index contributed by atoms with van der Waals surface area (Å²) in [5.41, 5.74) is 5.97. The molecule has 6 heteroatoms. The van der Waals surface area contributed by atoms with Crippen molar-refractivity contribution in [2.24, 2.45) is 5.92 Å². The Bertz CT molecular complexity index is 1470. The van der Waals surface area contributed by atoms with E-state index in [1.165, 1.54) is 0 Å². The van der Waals surface area contributed by atoms with E-state index in [1.807, 2.05) is 93.6 Å². The van der Waals surface area contributed by atoms with Crippen molar-refractivity contribution in [2.45, 2.75) is 59.4 Å². The molecule has 1 saturated heterocycles. The molecule has 0 spiro atoms. The third kappa shape index (κ3) is 7.69. The van der Waals surface area contributed by atoms with Crippen molar-refractivity contribution in [1.29, 1.82) is 0 Å². The van der Waals surface area contributed by atoms with E-state index in [9.17, 15) is 4.79 Å². The molecule has 0 N–H and O–H groups in total. The molecule has 0 saturated carbocycles. The normalized spacial score (nSPS) is 14.0. The summed E-state index contributed by atoms with van der Waals surface area (Å²) in [7, 11) is 0. The monoisotopic (exact) mass is 564 g/mol. The second-order valence-electron chi connectivity index (χ2n) is 11.8. The van der Waals surface area contributed by atoms with E-state index in [1.54, 1.807) is 0 Å². The van der Waals surface area contributed by atoms with Gasteiger partial charge >= 0.3 is 5.97 Å². The Morgan fingerprint density at radius 2 is 1.40 bits per heavy atom. The number of nitrogens with zero attached hydrogens (tertiary/aromatic N) is 2. The van der Waals surface area contributed by atoms with Gasteiger partial charge in [0.15, 0.2) is 0 Å². The van der Waals surface area contributed by atoms with E-state index in [0.29, 0.717) is 25.0 Å². The summed E-state index contributed by atoms with van der Waals surface area (Å²) in [5.74, 6) is 0.936. The summed E-state index contributed by atoms with van der Waals surface area (Å²) in [6.07, 6.45) is 1.59. The average molecular weight is 565 g/mol. The van der Waals surface area contributed by atoms with E-state index in [4.69, 9.17) is 19.2 Å². The largest absolute Gasteiger partial charge is 0.473 e. The number of aromatic nitrogens is 1. The molecule has 0 unspecified atom stereocenters. The molecular weight excluding hydrogens is 524 g/mol. The van der Waals surface area contributed by atoms with E-state index < -0.39 is 5.60 Å². The SMILES string of the molecule is Cc1cc(N2CCC(C(=O)OC(C)(C)C)CC2)ccc1-c1ccc(OCc2ccccc2)nc1OCc1ccccc1. The van der Waals surface area contributed by atoms with Gasteiger partial charge in [0.05, 0.1) is 5.92 Å². The van der Waals surface area contributed by atoms with Gasteiger partial charge in [0.25, 0.3) is 0 Å². The number of benzene rings is 3. The van der Waals surface area contributed by atoms with Crippen LogP contribution < -0.4 is 14.4 Å². The van der Waals surface area contributed by atoms with Crippen LogP contribution >= 0.6 is 0 Å². The Morgan fingerprint density at radius 3 is 2.00 bits per heavy atom. The number of carbonyl (C=O) groups excluding carboxylic acids is 1. The number of anilines is 1. The fraction of sp³-hybridized carbons (Fsp3) is 0.333. The third-order valence-electron chi connectivity index (χ3n) is 7.38. The van der Waals surface area contributed by atoms with Crippen molar-refractivity contribution >= 4 is 11.7 Å². The fourth-order valence-electron chi connectivity index (χ4n) is 5.18. The molecule has 42 heavy (non-hydrogen) atoms. The van der Waals surface area contributed by atoms with Gasteiger partial charge < -0.3 is 19.1 Å². The van der Waals surface area contributed by atoms with Crippen LogP contribution in [0, 0.1) is 12.8 Å². The maximum absolute atomic E-state index is 12.6. The Morgan fingerprint density at radius 1 is 0.810 bits per heavy atom. The zero-order chi connectivity index (χ0) is 29.5. The van der Waals surface area contributed by atoms with Gasteiger partial charge in [-0.25, -0.2) is 0 Å². The van der Waals surface area contributed by atoms with E-state index in [-0.39, 0.29) is 11.9 Å². The van der Waals surface area contributed by atoms with Crippen LogP contribution in [0.2, 0.25) is 0 Å². The number of ether oxygens (including phenoxy) is 3. The summed E-state index contributed by atoms with van der Waals surface area (Å²) < 4.78 is 17.9. The molecule has 0 amide bonds. The van der Waals surface area contributed by atoms with Crippen LogP contribution in [0.5, 0.6) is 11.8 Å². The lowest BCUT2D eigenvalue weighted by Crippen LogP contribution is -2.38. The Hall–Kier alpha value is -4.32. The van der Waals surface area contributed by atoms with Crippen LogP contribution in [-0.4, -0.2) is 29.6 Å². The van der Waals surface area contributed by atoms with Crippen molar-refractivity contribution < 1.29 is 19.0 Å². The highest BCUT2D eigenvalue weighted by Crippen LogP contribution is 2.36. The number of hydrogen-bond donors (Lipinski definition) is 0. The van der Waals surface area contributed by atoms with Gasteiger partial charge in [-0.3, -0.25) is 4.79 Å². The summed E-state index contributed by atoms with van der Waals surface area (Å²) in [6.45, 7) is 10.4. The van der Waals surface area contributed by atoms with Gasteiger partial charge in [0.1, 0.15) is 18.8 Å². The Balaban J connectivity index is 1.32. The molecule has 3 aromatic carbocycles. The van der Waals surface area contributed by atoms with Gasteiger partial charge in [-0.2, -0.15) is 4.98 Å². The number of esters is 1. The zero-order valence-corrected chi connectivity index (χ0v) is 25.0. The highest BCUT2D eigenvalue weighted by molar-refractivity contribution is 5.75. The number of piperidine rings is 1. The molecule has 1 aliphatic rings. The van der Waals surface area contributed by atoms with Gasteiger partial charge in [-0.05, 0) is 81.0 Å². The van der Waals surface area contributed by atoms with Gasteiger partial charge in [-0.15, -0.1) is 0 Å². The van der Waals surface area contributed by atoms with Crippen LogP contribution in [0.25, 0.3) is 11.1 Å². The number of aryl methyl sites for hydroxylation is 1. The van der Waals surface area contributed by atoms with Gasteiger partial charge in [0, 0.05) is 30.4 Å². The number of pyridine rings is 1. The molecular formula is C36H40N2O4. The summed E-state index contributed by atoms with van der Waals surface area (Å²) >= 11 is 0. The molecule has 0 aliphatic carbocycles. The lowest BCUT2D eigenvalue weighted by molar-refractivity contribution is -0.160. The summed E-state index contributed by atoms with van der Waals surface area (Å²) in [6, 6.07) is 30.6. The van der Waals surface area contributed by atoms with Crippen LogP contribution in [0.15, 0.2) is 91.0 Å². The molecule has 0 bridgehead atoms. The number of carbonyl (C=O) groups is 1. The van der Waals surface area contributed by atoms with Crippen LogP contribution in [0.1, 0.15) is 50.3 Å². The lowest BCUT2D eigenvalue weighted by atomic mass is 9.95. The Labute approximate surface area is 249 Å². The molecule has 0 radical (unpaired) electrons. The van der Waals surface area contributed by atoms with Gasteiger partial charge in [0.2, 0.25) is 11.8 Å². The summed E-state index contributed by atoms with van der Waals surface area (Å²) in [5, 5.41) is 0. The van der Waals surface area contributed by atoms with Crippen LogP contribution in [0.3, 0.4) is 0 Å². The highest BCUT2D eigenvalue weighted by Gasteiger charge is 2.29. The lowest BCUT2D eigenvalue weighted by Gasteiger charge is -2.34. The molecule has 0 atom stereocenters. The first-order valence-corrected chi connectivity index (χ1v) is 14.7. The quantitative estimate of drug-likeness (QED) is 0.194. The first-order chi connectivity index (χ1) is 20.2. The summed E-state index contributed by atoms with van der Waals surface area (Å²) in [4.78, 5) is 19.7. The molecule has 4 aromatic rings. The fourth-order valence-corrected chi connectivity index (χ4v) is 5.18. The maximum atomic E-state index is 12.6. The predicted octanol–water partition coefficient (Wildman–Crippen LogP) is 7.77. The standard InChI is InChI=1S/C36H40N2O4/c1-26-23-30(38-21-19-29(20-22-38)35(39)42-36(2,3)4)15-16-31(26)32-17-18-33(40-24-27-11-7-5-8-12-27)37-34(32)41-25-28-13-9-6-10-14-28/h5-18,23,29H,19-22,24-25H2,1-4H3. The van der Waals surface area contributed by atoms with Crippen molar-refractivity contribution in [3.8, 4) is 22.9 Å². The highest BCUT2D eigenvalue weighted by atomic mass is 16.6. The van der Waals surface area contributed by atoms with Gasteiger partial charge in [-0.1, -0.05) is 66.7 Å². The smallest absolute Gasteiger partial charge is 0.309 e. The maximum Gasteiger partial charge on any atom is 0.309 e. The predicted molar refractivity (Wildman–Crippen MR) is 167 cm³/mol.